The van der Waals surface area contributed by atoms with E-state index in [-0.39, 0.29) is 5.95 Å². The summed E-state index contributed by atoms with van der Waals surface area (Å²) in [5.41, 5.74) is 13.4. The van der Waals surface area contributed by atoms with Gasteiger partial charge in [0.2, 0.25) is 5.95 Å². The Bertz CT molecular complexity index is 349. The molecule has 0 fully saturated rings. The summed E-state index contributed by atoms with van der Waals surface area (Å²) in [6.07, 6.45) is 0.917. The summed E-state index contributed by atoms with van der Waals surface area (Å²) in [6.45, 7) is 5.04. The van der Waals surface area contributed by atoms with Crippen LogP contribution in [-0.4, -0.2) is 28.0 Å². The van der Waals surface area contributed by atoms with Crippen molar-refractivity contribution in [3.63, 3.8) is 0 Å². The van der Waals surface area contributed by atoms with Crippen LogP contribution < -0.4 is 11.5 Å². The normalized spacial score (nSPS) is 16.6. The molecule has 0 amide bonds. The number of anilines is 2. The highest BCUT2D eigenvalue weighted by Crippen LogP contribution is 2.21. The summed E-state index contributed by atoms with van der Waals surface area (Å²) in [4.78, 5) is 10.5. The van der Waals surface area contributed by atoms with Gasteiger partial charge in [-0.2, -0.15) is 4.98 Å². The van der Waals surface area contributed by atoms with Gasteiger partial charge in [0.25, 0.3) is 0 Å². The van der Waals surface area contributed by atoms with Gasteiger partial charge in [-0.1, -0.05) is 6.92 Å². The molecule has 0 spiro atoms. The smallest absolute Gasteiger partial charge is 0.222 e. The van der Waals surface area contributed by atoms with E-state index in [4.69, 9.17) is 11.5 Å². The van der Waals surface area contributed by atoms with Gasteiger partial charge in [0.15, 0.2) is 0 Å². The van der Waals surface area contributed by atoms with Crippen LogP contribution >= 0.6 is 0 Å². The van der Waals surface area contributed by atoms with Crippen LogP contribution in [0.2, 0.25) is 0 Å². The average Bonchev–Trinajstić information content (AvgIpc) is 2.17. The van der Waals surface area contributed by atoms with E-state index in [1.54, 1.807) is 0 Å². The van der Waals surface area contributed by atoms with E-state index in [2.05, 4.69) is 21.8 Å². The quantitative estimate of drug-likeness (QED) is 0.657. The molecule has 0 bridgehead atoms. The minimum absolute atomic E-state index is 0.284. The zero-order chi connectivity index (χ0) is 10.1. The molecule has 14 heavy (non-hydrogen) atoms. The predicted molar refractivity (Wildman–Crippen MR) is 55.5 cm³/mol. The number of aromatic nitrogens is 2. The molecule has 76 valence electrons. The molecule has 2 rings (SSSR count). The number of hydrogen-bond donors (Lipinski definition) is 2. The molecule has 1 aromatic rings. The first kappa shape index (κ1) is 9.21. The number of nitrogens with zero attached hydrogens (tertiary/aromatic N) is 3. The first-order chi connectivity index (χ1) is 6.70. The lowest BCUT2D eigenvalue weighted by Gasteiger charge is -2.27. The Balaban J connectivity index is 2.37. The summed E-state index contributed by atoms with van der Waals surface area (Å²) in [5.74, 6) is 0.817. The molecule has 0 saturated heterocycles. The van der Waals surface area contributed by atoms with E-state index in [0.717, 1.165) is 37.3 Å². The van der Waals surface area contributed by atoms with E-state index in [0.29, 0.717) is 5.82 Å². The Morgan fingerprint density at radius 1 is 1.36 bits per heavy atom. The van der Waals surface area contributed by atoms with Crippen LogP contribution in [0.1, 0.15) is 18.2 Å². The number of nitrogens with two attached hydrogens (primary N) is 2. The fourth-order valence-corrected chi connectivity index (χ4v) is 1.79. The monoisotopic (exact) mass is 193 g/mol. The average molecular weight is 193 g/mol. The minimum atomic E-state index is 0.284. The van der Waals surface area contributed by atoms with Gasteiger partial charge in [0.1, 0.15) is 5.82 Å². The minimum Gasteiger partial charge on any atom is -0.383 e. The van der Waals surface area contributed by atoms with E-state index in [9.17, 15) is 0 Å². The molecular weight excluding hydrogens is 178 g/mol. The highest BCUT2D eigenvalue weighted by molar-refractivity contribution is 5.46. The van der Waals surface area contributed by atoms with Crippen molar-refractivity contribution < 1.29 is 0 Å². The van der Waals surface area contributed by atoms with Crippen molar-refractivity contribution in [2.45, 2.75) is 19.9 Å². The summed E-state index contributed by atoms with van der Waals surface area (Å²) in [6, 6.07) is 0. The molecule has 2 heterocycles. The van der Waals surface area contributed by atoms with Crippen molar-refractivity contribution in [1.82, 2.24) is 14.9 Å². The number of nitrogen functional groups attached to an aromatic ring is 2. The van der Waals surface area contributed by atoms with Gasteiger partial charge < -0.3 is 11.5 Å². The fraction of sp³-hybridized carbons (Fsp3) is 0.556. The zero-order valence-electron chi connectivity index (χ0n) is 8.32. The lowest BCUT2D eigenvalue weighted by molar-refractivity contribution is 0.266. The van der Waals surface area contributed by atoms with E-state index in [1.807, 2.05) is 0 Å². The maximum atomic E-state index is 5.80. The topological polar surface area (TPSA) is 81.1 Å². The van der Waals surface area contributed by atoms with Gasteiger partial charge in [0.05, 0.1) is 5.69 Å². The van der Waals surface area contributed by atoms with Crippen LogP contribution in [0.3, 0.4) is 0 Å². The van der Waals surface area contributed by atoms with Crippen LogP contribution in [0.25, 0.3) is 0 Å². The second-order valence-corrected chi connectivity index (χ2v) is 3.51. The number of rotatable bonds is 1. The second kappa shape index (κ2) is 3.42. The van der Waals surface area contributed by atoms with Gasteiger partial charge in [-0.3, -0.25) is 4.90 Å². The van der Waals surface area contributed by atoms with Crippen LogP contribution in [-0.2, 0) is 13.0 Å². The Hall–Kier alpha value is -1.36. The number of hydrogen-bond acceptors (Lipinski definition) is 5. The third kappa shape index (κ3) is 1.50. The van der Waals surface area contributed by atoms with Crippen molar-refractivity contribution >= 4 is 11.8 Å². The third-order valence-electron chi connectivity index (χ3n) is 2.64. The predicted octanol–water partition coefficient (Wildman–Crippen LogP) is 0.0190. The van der Waals surface area contributed by atoms with Crippen LogP contribution in [0.5, 0.6) is 0 Å². The summed E-state index contributed by atoms with van der Waals surface area (Å²) < 4.78 is 0. The molecule has 0 saturated carbocycles. The molecule has 1 aliphatic heterocycles. The Morgan fingerprint density at radius 2 is 2.14 bits per heavy atom. The molecular formula is C9H15N5. The molecule has 1 aromatic heterocycles. The highest BCUT2D eigenvalue weighted by atomic mass is 15.1. The summed E-state index contributed by atoms with van der Waals surface area (Å²) >= 11 is 0. The van der Waals surface area contributed by atoms with E-state index < -0.39 is 0 Å². The standard InChI is InChI=1S/C9H15N5/c1-2-14-4-3-7-6(5-14)8(10)13-9(11)12-7/h2-5H2,1H3,(H4,10,11,12,13). The Labute approximate surface area is 83.1 Å². The first-order valence-electron chi connectivity index (χ1n) is 4.83. The van der Waals surface area contributed by atoms with Crippen molar-refractivity contribution in [2.75, 3.05) is 24.6 Å². The summed E-state index contributed by atoms with van der Waals surface area (Å²) in [7, 11) is 0. The summed E-state index contributed by atoms with van der Waals surface area (Å²) in [5, 5.41) is 0. The molecule has 5 nitrogen and oxygen atoms in total. The van der Waals surface area contributed by atoms with Gasteiger partial charge >= 0.3 is 0 Å². The third-order valence-corrected chi connectivity index (χ3v) is 2.64. The zero-order valence-corrected chi connectivity index (χ0v) is 8.32. The van der Waals surface area contributed by atoms with Crippen molar-refractivity contribution in [3.8, 4) is 0 Å². The fourth-order valence-electron chi connectivity index (χ4n) is 1.79. The lowest BCUT2D eigenvalue weighted by atomic mass is 10.1. The molecule has 1 aliphatic rings. The molecule has 0 aromatic carbocycles. The van der Waals surface area contributed by atoms with Crippen LogP contribution in [0.4, 0.5) is 11.8 Å². The van der Waals surface area contributed by atoms with Gasteiger partial charge in [-0.05, 0) is 6.54 Å². The molecule has 5 heteroatoms. The highest BCUT2D eigenvalue weighted by Gasteiger charge is 2.19. The Morgan fingerprint density at radius 3 is 2.86 bits per heavy atom. The van der Waals surface area contributed by atoms with Gasteiger partial charge in [-0.15, -0.1) is 0 Å². The molecule has 0 aliphatic carbocycles. The van der Waals surface area contributed by atoms with Crippen molar-refractivity contribution in [2.24, 2.45) is 0 Å². The maximum Gasteiger partial charge on any atom is 0.222 e. The van der Waals surface area contributed by atoms with Crippen LogP contribution in [0, 0.1) is 0 Å². The van der Waals surface area contributed by atoms with Crippen LogP contribution in [0.15, 0.2) is 0 Å². The Kier molecular flexibility index (Phi) is 2.25. The maximum absolute atomic E-state index is 5.80. The second-order valence-electron chi connectivity index (χ2n) is 3.51. The SMILES string of the molecule is CCN1CCc2nc(N)nc(N)c2C1. The molecule has 0 atom stereocenters. The lowest BCUT2D eigenvalue weighted by Crippen LogP contribution is -2.32. The number of likely N-dealkylation sites (N-methyl/N-ethyl adjacent to an activating group) is 1. The van der Waals surface area contributed by atoms with E-state index >= 15 is 0 Å². The largest absolute Gasteiger partial charge is 0.383 e. The molecule has 0 radical (unpaired) electrons. The van der Waals surface area contributed by atoms with Gasteiger partial charge in [0, 0.05) is 25.1 Å². The first-order valence-corrected chi connectivity index (χ1v) is 4.83. The van der Waals surface area contributed by atoms with Gasteiger partial charge in [-0.25, -0.2) is 4.98 Å². The number of fused-ring (bicyclic) bond motifs is 1. The van der Waals surface area contributed by atoms with Crippen molar-refractivity contribution in [3.05, 3.63) is 11.3 Å². The van der Waals surface area contributed by atoms with Crippen molar-refractivity contribution in [1.29, 1.82) is 0 Å². The molecule has 0 unspecified atom stereocenters. The molecule has 4 N–H and O–H groups in total. The van der Waals surface area contributed by atoms with E-state index in [1.165, 1.54) is 0 Å².